The third kappa shape index (κ3) is 3.82. The zero-order valence-corrected chi connectivity index (χ0v) is 14.8. The van der Waals surface area contributed by atoms with Gasteiger partial charge in [-0.05, 0) is 62.1 Å². The molecule has 0 bridgehead atoms. The first kappa shape index (κ1) is 16.8. The molecule has 0 aliphatic carbocycles. The quantitative estimate of drug-likeness (QED) is 0.773. The number of nitrogens with zero attached hydrogens (tertiary/aromatic N) is 2. The number of rotatable bonds is 3. The number of amides is 2. The Morgan fingerprint density at radius 2 is 2.16 bits per heavy atom. The van der Waals surface area contributed by atoms with Crippen molar-refractivity contribution >= 4 is 6.03 Å². The molecule has 7 heteroatoms. The number of nitrogens with one attached hydrogen (secondary N) is 3. The van der Waals surface area contributed by atoms with Gasteiger partial charge in [0.1, 0.15) is 0 Å². The first-order chi connectivity index (χ1) is 12.2. The molecule has 1 atom stereocenters. The second-order valence-electron chi connectivity index (χ2n) is 7.87. The van der Waals surface area contributed by atoms with E-state index in [4.69, 9.17) is 4.74 Å². The van der Waals surface area contributed by atoms with E-state index in [1.54, 1.807) is 0 Å². The summed E-state index contributed by atoms with van der Waals surface area (Å²) in [5, 5.41) is 13.4. The summed E-state index contributed by atoms with van der Waals surface area (Å²) in [7, 11) is 0. The van der Waals surface area contributed by atoms with Crippen LogP contribution >= 0.6 is 0 Å². The summed E-state index contributed by atoms with van der Waals surface area (Å²) < 4.78 is 5.98. The molecule has 138 valence electrons. The van der Waals surface area contributed by atoms with E-state index in [0.29, 0.717) is 17.9 Å². The van der Waals surface area contributed by atoms with Crippen molar-refractivity contribution in [3.05, 3.63) is 18.0 Å². The molecule has 0 saturated carbocycles. The maximum absolute atomic E-state index is 12.4. The molecule has 2 amide bonds. The Morgan fingerprint density at radius 1 is 1.36 bits per heavy atom. The van der Waals surface area contributed by atoms with Gasteiger partial charge in [0.25, 0.3) is 0 Å². The molecule has 3 saturated heterocycles. The molecule has 1 aromatic rings. The van der Waals surface area contributed by atoms with Gasteiger partial charge in [0.15, 0.2) is 0 Å². The molecule has 3 aliphatic rings. The van der Waals surface area contributed by atoms with Crippen LogP contribution in [0.4, 0.5) is 4.79 Å². The lowest BCUT2D eigenvalue weighted by Gasteiger charge is -2.33. The summed E-state index contributed by atoms with van der Waals surface area (Å²) in [5.41, 5.74) is 1.61. The Labute approximate surface area is 148 Å². The Morgan fingerprint density at radius 3 is 2.88 bits per heavy atom. The normalized spacial score (nSPS) is 26.9. The number of piperidine rings is 2. The van der Waals surface area contributed by atoms with Gasteiger partial charge in [0, 0.05) is 25.8 Å². The number of hydrogen-bond donors (Lipinski definition) is 3. The summed E-state index contributed by atoms with van der Waals surface area (Å²) in [6, 6.07) is 0.0560. The average Bonchev–Trinajstić information content (AvgIpc) is 3.31. The van der Waals surface area contributed by atoms with Crippen LogP contribution in [0.1, 0.15) is 43.6 Å². The molecule has 25 heavy (non-hydrogen) atoms. The summed E-state index contributed by atoms with van der Waals surface area (Å²) in [6.45, 7) is 5.29. The molecular weight excluding hydrogens is 318 g/mol. The second-order valence-corrected chi connectivity index (χ2v) is 7.87. The van der Waals surface area contributed by atoms with Gasteiger partial charge in [0.05, 0.1) is 18.9 Å². The molecule has 3 fully saturated rings. The third-order valence-corrected chi connectivity index (χ3v) is 6.20. The van der Waals surface area contributed by atoms with Crippen molar-refractivity contribution in [2.75, 3.05) is 39.3 Å². The smallest absolute Gasteiger partial charge is 0.317 e. The number of likely N-dealkylation sites (tertiary alicyclic amines) is 1. The van der Waals surface area contributed by atoms with Crippen LogP contribution in [0.15, 0.2) is 12.4 Å². The Hall–Kier alpha value is -1.60. The summed E-state index contributed by atoms with van der Waals surface area (Å²) in [5.74, 6) is 0.515. The molecule has 4 rings (SSSR count). The van der Waals surface area contributed by atoms with Crippen molar-refractivity contribution < 1.29 is 9.53 Å². The topological polar surface area (TPSA) is 82.3 Å². The highest BCUT2D eigenvalue weighted by Crippen LogP contribution is 2.40. The van der Waals surface area contributed by atoms with Crippen LogP contribution in [-0.4, -0.2) is 66.6 Å². The predicted molar refractivity (Wildman–Crippen MR) is 94.4 cm³/mol. The zero-order valence-electron chi connectivity index (χ0n) is 14.8. The fourth-order valence-electron chi connectivity index (χ4n) is 4.55. The lowest BCUT2D eigenvalue weighted by Crippen LogP contribution is -2.46. The summed E-state index contributed by atoms with van der Waals surface area (Å²) in [4.78, 5) is 14.4. The number of H-pyrrole nitrogens is 1. The van der Waals surface area contributed by atoms with E-state index in [1.165, 1.54) is 18.4 Å². The molecule has 1 spiro atoms. The summed E-state index contributed by atoms with van der Waals surface area (Å²) in [6.07, 6.45) is 9.51. The molecule has 1 aromatic heterocycles. The maximum atomic E-state index is 12.4. The van der Waals surface area contributed by atoms with Gasteiger partial charge in [0.2, 0.25) is 0 Å². The van der Waals surface area contributed by atoms with Crippen LogP contribution < -0.4 is 10.6 Å². The number of hydrogen-bond acceptors (Lipinski definition) is 4. The Balaban J connectivity index is 1.20. The van der Waals surface area contributed by atoms with Crippen LogP contribution in [0.5, 0.6) is 0 Å². The number of ether oxygens (including phenoxy) is 1. The fourth-order valence-corrected chi connectivity index (χ4v) is 4.55. The van der Waals surface area contributed by atoms with Crippen LogP contribution in [-0.2, 0) is 4.74 Å². The van der Waals surface area contributed by atoms with E-state index in [0.717, 1.165) is 52.0 Å². The molecule has 1 unspecified atom stereocenters. The minimum Gasteiger partial charge on any atom is -0.376 e. The summed E-state index contributed by atoms with van der Waals surface area (Å²) >= 11 is 0. The molecular formula is C18H29N5O2. The highest BCUT2D eigenvalue weighted by Gasteiger charge is 2.40. The first-order valence-electron chi connectivity index (χ1n) is 9.58. The molecule has 3 aliphatic heterocycles. The number of carbonyl (C=O) groups excluding carboxylic acids is 1. The van der Waals surface area contributed by atoms with Crippen LogP contribution in [0.3, 0.4) is 0 Å². The molecule has 4 heterocycles. The van der Waals surface area contributed by atoms with Gasteiger partial charge in [-0.25, -0.2) is 4.79 Å². The predicted octanol–water partition coefficient (Wildman–Crippen LogP) is 1.46. The SMILES string of the molecule is O=C(NCC1CC2(CCNCC2)CO1)N1CCC(c2cn[nH]c2)CC1. The van der Waals surface area contributed by atoms with Crippen LogP contribution in [0.2, 0.25) is 0 Å². The van der Waals surface area contributed by atoms with E-state index >= 15 is 0 Å². The van der Waals surface area contributed by atoms with Crippen molar-refractivity contribution in [1.29, 1.82) is 0 Å². The first-order valence-corrected chi connectivity index (χ1v) is 9.58. The minimum atomic E-state index is 0.0560. The highest BCUT2D eigenvalue weighted by molar-refractivity contribution is 5.74. The van der Waals surface area contributed by atoms with Crippen molar-refractivity contribution in [3.63, 3.8) is 0 Å². The lowest BCUT2D eigenvalue weighted by atomic mass is 9.77. The standard InChI is InChI=1S/C18H29N5O2/c24-17(23-7-1-14(2-8-23)15-10-21-22-11-15)20-12-16-9-18(13-25-16)3-5-19-6-4-18/h10-11,14,16,19H,1-9,12-13H2,(H,20,24)(H,21,22). The fraction of sp³-hybridized carbons (Fsp3) is 0.778. The Kier molecular flexibility index (Phi) is 4.94. The average molecular weight is 347 g/mol. The molecule has 7 nitrogen and oxygen atoms in total. The Bertz CT molecular complexity index is 562. The van der Waals surface area contributed by atoms with Gasteiger partial charge in [-0.3, -0.25) is 5.10 Å². The van der Waals surface area contributed by atoms with Gasteiger partial charge in [-0.2, -0.15) is 5.10 Å². The highest BCUT2D eigenvalue weighted by atomic mass is 16.5. The van der Waals surface area contributed by atoms with Gasteiger partial charge in [-0.1, -0.05) is 0 Å². The van der Waals surface area contributed by atoms with Crippen molar-refractivity contribution in [3.8, 4) is 0 Å². The van der Waals surface area contributed by atoms with Crippen LogP contribution in [0, 0.1) is 5.41 Å². The van der Waals surface area contributed by atoms with Crippen molar-refractivity contribution in [1.82, 2.24) is 25.7 Å². The molecule has 3 N–H and O–H groups in total. The molecule has 0 radical (unpaired) electrons. The monoisotopic (exact) mass is 347 g/mol. The van der Waals surface area contributed by atoms with E-state index < -0.39 is 0 Å². The number of carbonyl (C=O) groups is 1. The number of aromatic amines is 1. The number of aromatic nitrogens is 2. The van der Waals surface area contributed by atoms with Gasteiger partial charge in [-0.15, -0.1) is 0 Å². The maximum Gasteiger partial charge on any atom is 0.317 e. The third-order valence-electron chi connectivity index (χ3n) is 6.20. The largest absolute Gasteiger partial charge is 0.376 e. The van der Waals surface area contributed by atoms with E-state index in [-0.39, 0.29) is 12.1 Å². The zero-order chi connectivity index (χ0) is 17.1. The van der Waals surface area contributed by atoms with E-state index in [2.05, 4.69) is 20.8 Å². The van der Waals surface area contributed by atoms with Gasteiger partial charge < -0.3 is 20.3 Å². The van der Waals surface area contributed by atoms with Crippen LogP contribution in [0.25, 0.3) is 0 Å². The van der Waals surface area contributed by atoms with E-state index in [1.807, 2.05) is 17.3 Å². The van der Waals surface area contributed by atoms with Gasteiger partial charge >= 0.3 is 6.03 Å². The number of urea groups is 1. The lowest BCUT2D eigenvalue weighted by molar-refractivity contribution is 0.0856. The van der Waals surface area contributed by atoms with Crippen molar-refractivity contribution in [2.24, 2.45) is 5.41 Å². The minimum absolute atomic E-state index is 0.0560. The second kappa shape index (κ2) is 7.33. The van der Waals surface area contributed by atoms with Crippen molar-refractivity contribution in [2.45, 2.75) is 44.1 Å². The molecule has 0 aromatic carbocycles. The van der Waals surface area contributed by atoms with E-state index in [9.17, 15) is 4.79 Å².